The number of hydrogen-bond donors (Lipinski definition) is 1. The molecule has 1 amide bonds. The van der Waals surface area contributed by atoms with E-state index in [1.165, 1.54) is 24.1 Å². The molecule has 0 saturated carbocycles. The summed E-state index contributed by atoms with van der Waals surface area (Å²) >= 11 is 0. The fourth-order valence-corrected chi connectivity index (χ4v) is 4.12. The molecule has 3 aromatic rings. The van der Waals surface area contributed by atoms with Gasteiger partial charge in [0, 0.05) is 24.5 Å². The van der Waals surface area contributed by atoms with Gasteiger partial charge in [0.2, 0.25) is 0 Å². The summed E-state index contributed by atoms with van der Waals surface area (Å²) in [5.74, 6) is -2.09. The Morgan fingerprint density at radius 3 is 2.44 bits per heavy atom. The highest BCUT2D eigenvalue weighted by molar-refractivity contribution is 6.46. The van der Waals surface area contributed by atoms with Crippen LogP contribution in [0.15, 0.2) is 72.6 Å². The molecule has 1 N–H and O–H groups in total. The number of methoxy groups -OCH3 is 1. The molecule has 1 fully saturated rings. The lowest BCUT2D eigenvalue weighted by atomic mass is 9.95. The molecule has 1 aliphatic rings. The van der Waals surface area contributed by atoms with Crippen molar-refractivity contribution in [3.8, 4) is 11.5 Å². The molecule has 0 bridgehead atoms. The number of aliphatic hydroxyl groups excluding tert-OH is 1. The summed E-state index contributed by atoms with van der Waals surface area (Å²) in [6.07, 6.45) is 5.13. The van der Waals surface area contributed by atoms with Gasteiger partial charge in [-0.15, -0.1) is 0 Å². The Morgan fingerprint density at radius 1 is 1.08 bits per heavy atom. The second-order valence-electron chi connectivity index (χ2n) is 8.40. The third-order valence-corrected chi connectivity index (χ3v) is 6.03. The number of amides is 1. The number of ketones is 1. The van der Waals surface area contributed by atoms with Gasteiger partial charge in [-0.3, -0.25) is 14.6 Å². The van der Waals surface area contributed by atoms with Crippen molar-refractivity contribution < 1.29 is 28.6 Å². The van der Waals surface area contributed by atoms with Crippen molar-refractivity contribution in [2.45, 2.75) is 32.4 Å². The molecule has 36 heavy (non-hydrogen) atoms. The Morgan fingerprint density at radius 2 is 1.81 bits per heavy atom. The molecule has 7 nitrogen and oxygen atoms in total. The molecule has 8 heteroatoms. The minimum Gasteiger partial charge on any atom is -0.507 e. The maximum Gasteiger partial charge on any atom is 0.295 e. The lowest BCUT2D eigenvalue weighted by Gasteiger charge is -2.25. The summed E-state index contributed by atoms with van der Waals surface area (Å²) in [5, 5.41) is 11.1. The van der Waals surface area contributed by atoms with E-state index in [1.54, 1.807) is 48.8 Å². The van der Waals surface area contributed by atoms with Crippen molar-refractivity contribution in [1.82, 2.24) is 9.88 Å². The van der Waals surface area contributed by atoms with Crippen molar-refractivity contribution in [2.24, 2.45) is 0 Å². The third kappa shape index (κ3) is 5.07. The first kappa shape index (κ1) is 24.9. The number of likely N-dealkylation sites (tertiary alicyclic amines) is 1. The lowest BCUT2D eigenvalue weighted by Crippen LogP contribution is -2.29. The standard InChI is InChI=1S/C28H27FN2O5/c1-3-4-15-36-21-8-5-19(6-9-21)25-24(26(32)20-7-10-23(35-2)22(29)16-20)27(33)28(34)31(25)17-18-11-13-30-14-12-18/h5-14,16,25,32H,3-4,15,17H2,1-2H3/b26-24-. The Balaban J connectivity index is 1.78. The summed E-state index contributed by atoms with van der Waals surface area (Å²) in [7, 11) is 1.33. The first-order valence-corrected chi connectivity index (χ1v) is 11.7. The first-order valence-electron chi connectivity index (χ1n) is 11.7. The Labute approximate surface area is 208 Å². The number of aliphatic hydroxyl groups is 1. The highest BCUT2D eigenvalue weighted by Gasteiger charge is 2.46. The summed E-state index contributed by atoms with van der Waals surface area (Å²) in [4.78, 5) is 31.7. The van der Waals surface area contributed by atoms with Gasteiger partial charge in [-0.2, -0.15) is 0 Å². The van der Waals surface area contributed by atoms with Crippen LogP contribution >= 0.6 is 0 Å². The van der Waals surface area contributed by atoms with Crippen LogP contribution in [0.5, 0.6) is 11.5 Å². The van der Waals surface area contributed by atoms with Gasteiger partial charge < -0.3 is 19.5 Å². The second-order valence-corrected chi connectivity index (χ2v) is 8.40. The van der Waals surface area contributed by atoms with E-state index in [0.29, 0.717) is 17.9 Å². The zero-order valence-electron chi connectivity index (χ0n) is 20.1. The van der Waals surface area contributed by atoms with Crippen LogP contribution in [0.4, 0.5) is 4.39 Å². The molecule has 4 rings (SSSR count). The molecule has 2 aromatic carbocycles. The van der Waals surface area contributed by atoms with Gasteiger partial charge in [-0.25, -0.2) is 4.39 Å². The molecule has 1 saturated heterocycles. The molecule has 0 radical (unpaired) electrons. The number of unbranched alkanes of at least 4 members (excludes halogenated alkanes) is 1. The molecule has 1 atom stereocenters. The number of ether oxygens (including phenoxy) is 2. The average molecular weight is 491 g/mol. The van der Waals surface area contributed by atoms with Gasteiger partial charge in [0.05, 0.1) is 25.3 Å². The van der Waals surface area contributed by atoms with Gasteiger partial charge >= 0.3 is 0 Å². The SMILES string of the molecule is CCCCOc1ccc(C2/C(=C(/O)c3ccc(OC)c(F)c3)C(=O)C(=O)N2Cc2ccncc2)cc1. The largest absolute Gasteiger partial charge is 0.507 e. The number of Topliss-reactive ketones (excluding diaryl/α,β-unsaturated/α-hetero) is 1. The van der Waals surface area contributed by atoms with Gasteiger partial charge in [0.15, 0.2) is 11.6 Å². The zero-order chi connectivity index (χ0) is 25.7. The van der Waals surface area contributed by atoms with Crippen molar-refractivity contribution in [3.05, 3.63) is 95.1 Å². The predicted molar refractivity (Wildman–Crippen MR) is 132 cm³/mol. The quantitative estimate of drug-likeness (QED) is 0.196. The van der Waals surface area contributed by atoms with E-state index in [-0.39, 0.29) is 23.4 Å². The van der Waals surface area contributed by atoms with E-state index in [4.69, 9.17) is 9.47 Å². The number of benzene rings is 2. The van der Waals surface area contributed by atoms with Crippen LogP contribution in [0, 0.1) is 5.82 Å². The molecule has 1 aliphatic heterocycles. The van der Waals surface area contributed by atoms with Gasteiger partial charge in [-0.1, -0.05) is 25.5 Å². The van der Waals surface area contributed by atoms with Gasteiger partial charge in [-0.05, 0) is 60.0 Å². The number of carbonyl (C=O) groups excluding carboxylic acids is 2. The highest BCUT2D eigenvalue weighted by atomic mass is 19.1. The molecule has 1 aromatic heterocycles. The monoisotopic (exact) mass is 490 g/mol. The van der Waals surface area contributed by atoms with Crippen LogP contribution in [-0.2, 0) is 16.1 Å². The van der Waals surface area contributed by atoms with Crippen molar-refractivity contribution >= 4 is 17.4 Å². The topological polar surface area (TPSA) is 89.0 Å². The minimum absolute atomic E-state index is 0.0000924. The Kier molecular flexibility index (Phi) is 7.63. The van der Waals surface area contributed by atoms with E-state index in [2.05, 4.69) is 11.9 Å². The maximum atomic E-state index is 14.4. The Hall–Kier alpha value is -4.20. The molecule has 186 valence electrons. The number of hydrogen-bond acceptors (Lipinski definition) is 6. The first-order chi connectivity index (χ1) is 17.4. The smallest absolute Gasteiger partial charge is 0.295 e. The molecular weight excluding hydrogens is 463 g/mol. The maximum absolute atomic E-state index is 14.4. The predicted octanol–water partition coefficient (Wildman–Crippen LogP) is 5.03. The van der Waals surface area contributed by atoms with Crippen molar-refractivity contribution in [1.29, 1.82) is 0 Å². The van der Waals surface area contributed by atoms with E-state index in [1.807, 2.05) is 0 Å². The zero-order valence-corrected chi connectivity index (χ0v) is 20.1. The highest BCUT2D eigenvalue weighted by Crippen LogP contribution is 2.41. The number of nitrogens with zero attached hydrogens (tertiary/aromatic N) is 2. The number of halogens is 1. The van der Waals surface area contributed by atoms with Crippen LogP contribution in [0.2, 0.25) is 0 Å². The molecule has 0 spiro atoms. The number of rotatable bonds is 9. The van der Waals surface area contributed by atoms with Crippen LogP contribution in [0.3, 0.4) is 0 Å². The fourth-order valence-electron chi connectivity index (χ4n) is 4.12. The summed E-state index contributed by atoms with van der Waals surface area (Å²) in [5.41, 5.74) is 1.34. The molecule has 0 aliphatic carbocycles. The van der Waals surface area contributed by atoms with Gasteiger partial charge in [0.1, 0.15) is 11.5 Å². The number of aromatic nitrogens is 1. The summed E-state index contributed by atoms with van der Waals surface area (Å²) in [6, 6.07) is 13.6. The van der Waals surface area contributed by atoms with E-state index in [9.17, 15) is 19.1 Å². The summed E-state index contributed by atoms with van der Waals surface area (Å²) in [6.45, 7) is 2.78. The normalized spacial score (nSPS) is 16.9. The number of pyridine rings is 1. The van der Waals surface area contributed by atoms with Crippen LogP contribution in [-0.4, -0.2) is 40.4 Å². The Bertz CT molecular complexity index is 1270. The average Bonchev–Trinajstić information content (AvgIpc) is 3.14. The van der Waals surface area contributed by atoms with Gasteiger partial charge in [0.25, 0.3) is 11.7 Å². The minimum atomic E-state index is -0.881. The third-order valence-electron chi connectivity index (χ3n) is 6.03. The van der Waals surface area contributed by atoms with Crippen LogP contribution in [0.25, 0.3) is 5.76 Å². The molecular formula is C28H27FN2O5. The number of carbonyl (C=O) groups is 2. The van der Waals surface area contributed by atoms with Crippen molar-refractivity contribution in [2.75, 3.05) is 13.7 Å². The second kappa shape index (κ2) is 11.0. The molecule has 1 unspecified atom stereocenters. The van der Waals surface area contributed by atoms with Crippen molar-refractivity contribution in [3.63, 3.8) is 0 Å². The van der Waals surface area contributed by atoms with Crippen LogP contribution in [0.1, 0.15) is 42.5 Å². The summed E-state index contributed by atoms with van der Waals surface area (Å²) < 4.78 is 25.1. The lowest BCUT2D eigenvalue weighted by molar-refractivity contribution is -0.140. The molecule has 2 heterocycles. The van der Waals surface area contributed by atoms with Crippen LogP contribution < -0.4 is 9.47 Å². The van der Waals surface area contributed by atoms with E-state index >= 15 is 0 Å². The fraction of sp³-hybridized carbons (Fsp3) is 0.250. The van der Waals surface area contributed by atoms with E-state index in [0.717, 1.165) is 24.5 Å². The van der Waals surface area contributed by atoms with E-state index < -0.39 is 29.3 Å².